The average Bonchev–Trinajstić information content (AvgIpc) is 3.44. The zero-order chi connectivity index (χ0) is 31.6. The molecule has 0 aliphatic carbocycles. The highest BCUT2D eigenvalue weighted by Crippen LogP contribution is 2.34. The molecule has 2 heterocycles. The summed E-state index contributed by atoms with van der Waals surface area (Å²) in [5.41, 5.74) is -0.470. The lowest BCUT2D eigenvalue weighted by atomic mass is 9.85. The predicted molar refractivity (Wildman–Crippen MR) is 171 cm³/mol. The van der Waals surface area contributed by atoms with Crippen LogP contribution in [-0.2, 0) is 28.6 Å². The Balaban J connectivity index is 1.51. The van der Waals surface area contributed by atoms with Crippen molar-refractivity contribution < 1.29 is 28.6 Å². The number of unbranched alkanes of at least 4 members (excludes halogenated alkanes) is 11. The van der Waals surface area contributed by atoms with Crippen molar-refractivity contribution in [1.29, 1.82) is 0 Å². The van der Waals surface area contributed by atoms with Crippen LogP contribution >= 0.6 is 0 Å². The third kappa shape index (κ3) is 15.1. The van der Waals surface area contributed by atoms with E-state index < -0.39 is 17.3 Å². The van der Waals surface area contributed by atoms with Crippen molar-refractivity contribution in [2.75, 3.05) is 26.3 Å². The number of carbonyl (C=O) groups is 3. The van der Waals surface area contributed by atoms with Crippen LogP contribution in [0.2, 0.25) is 0 Å². The van der Waals surface area contributed by atoms with E-state index in [9.17, 15) is 14.4 Å². The maximum atomic E-state index is 12.8. The molecule has 1 N–H and O–H groups in total. The third-order valence-electron chi connectivity index (χ3n) is 8.56. The Hall–Kier alpha value is -1.93. The molecule has 0 aromatic heterocycles. The van der Waals surface area contributed by atoms with Crippen molar-refractivity contribution in [3.05, 3.63) is 12.2 Å². The first kappa shape index (κ1) is 37.3. The number of nitrogens with one attached hydrogen (secondary N) is 1. The molecule has 248 valence electrons. The number of amides is 2. The Labute approximate surface area is 262 Å². The quantitative estimate of drug-likeness (QED) is 0.0841. The fraction of sp³-hybridized carbons (Fsp3) is 0.857. The van der Waals surface area contributed by atoms with Gasteiger partial charge >= 0.3 is 5.97 Å². The number of esters is 1. The SMILES string of the molecule is CCCCCCCCC=CCCCCCCCC(=O)N1CCC[C@@H]1COC(=O)CCNC(=O)C1OC(C)(C)OCC1(C)C. The summed E-state index contributed by atoms with van der Waals surface area (Å²) in [6.45, 7) is 11.2. The van der Waals surface area contributed by atoms with Crippen LogP contribution in [0, 0.1) is 5.41 Å². The van der Waals surface area contributed by atoms with Crippen LogP contribution in [0.1, 0.15) is 144 Å². The summed E-state index contributed by atoms with van der Waals surface area (Å²) in [6.07, 6.45) is 22.6. The summed E-state index contributed by atoms with van der Waals surface area (Å²) < 4.78 is 17.0. The van der Waals surface area contributed by atoms with Gasteiger partial charge in [0, 0.05) is 24.9 Å². The Morgan fingerprint density at radius 3 is 2.19 bits per heavy atom. The summed E-state index contributed by atoms with van der Waals surface area (Å²) in [7, 11) is 0. The van der Waals surface area contributed by atoms with Crippen molar-refractivity contribution >= 4 is 17.8 Å². The lowest BCUT2D eigenvalue weighted by Gasteiger charge is -2.44. The van der Waals surface area contributed by atoms with Gasteiger partial charge in [-0.2, -0.15) is 0 Å². The number of hydrogen-bond acceptors (Lipinski definition) is 6. The van der Waals surface area contributed by atoms with Crippen molar-refractivity contribution in [2.45, 2.75) is 162 Å². The van der Waals surface area contributed by atoms with Gasteiger partial charge < -0.3 is 24.4 Å². The second-order valence-electron chi connectivity index (χ2n) is 13.6. The number of ether oxygens (including phenoxy) is 3. The van der Waals surface area contributed by atoms with Crippen molar-refractivity contribution in [2.24, 2.45) is 5.41 Å². The van der Waals surface area contributed by atoms with E-state index in [0.717, 1.165) is 38.6 Å². The number of likely N-dealkylation sites (tertiary alicyclic amines) is 1. The van der Waals surface area contributed by atoms with Gasteiger partial charge in [0.25, 0.3) is 0 Å². The first-order valence-corrected chi connectivity index (χ1v) is 17.3. The van der Waals surface area contributed by atoms with Gasteiger partial charge in [-0.05, 0) is 58.8 Å². The highest BCUT2D eigenvalue weighted by Gasteiger charge is 2.45. The minimum absolute atomic E-state index is 0.0483. The molecule has 43 heavy (non-hydrogen) atoms. The molecule has 0 spiro atoms. The molecule has 8 heteroatoms. The number of rotatable bonds is 21. The lowest BCUT2D eigenvalue weighted by molar-refractivity contribution is -0.304. The maximum absolute atomic E-state index is 12.8. The van der Waals surface area contributed by atoms with Gasteiger partial charge in [-0.1, -0.05) is 84.3 Å². The number of nitrogens with zero attached hydrogens (tertiary/aromatic N) is 1. The third-order valence-corrected chi connectivity index (χ3v) is 8.56. The van der Waals surface area contributed by atoms with E-state index in [1.807, 2.05) is 18.7 Å². The molecule has 2 fully saturated rings. The monoisotopic (exact) mass is 606 g/mol. The highest BCUT2D eigenvalue weighted by atomic mass is 16.7. The summed E-state index contributed by atoms with van der Waals surface area (Å²) in [4.78, 5) is 39.8. The molecular formula is C35H62N2O6. The van der Waals surface area contributed by atoms with Gasteiger partial charge in [-0.25, -0.2) is 0 Å². The van der Waals surface area contributed by atoms with E-state index in [1.54, 1.807) is 13.8 Å². The van der Waals surface area contributed by atoms with Crippen LogP contribution in [0.15, 0.2) is 12.2 Å². The fourth-order valence-corrected chi connectivity index (χ4v) is 5.79. The second-order valence-corrected chi connectivity index (χ2v) is 13.6. The Kier molecular flexibility index (Phi) is 17.5. The molecule has 8 nitrogen and oxygen atoms in total. The highest BCUT2D eigenvalue weighted by molar-refractivity contribution is 5.82. The molecule has 2 atom stereocenters. The minimum atomic E-state index is -0.828. The summed E-state index contributed by atoms with van der Waals surface area (Å²) in [5.74, 6) is -1.28. The number of allylic oxidation sites excluding steroid dienone is 2. The molecule has 2 rings (SSSR count). The molecule has 1 unspecified atom stereocenters. The van der Waals surface area contributed by atoms with Gasteiger partial charge in [-0.15, -0.1) is 0 Å². The van der Waals surface area contributed by atoms with Gasteiger partial charge in [-0.3, -0.25) is 14.4 Å². The zero-order valence-electron chi connectivity index (χ0n) is 28.1. The largest absolute Gasteiger partial charge is 0.463 e. The normalized spacial score (nSPS) is 21.3. The maximum Gasteiger partial charge on any atom is 0.307 e. The standard InChI is InChI=1S/C35H62N2O6/c1-6-7-8-9-10-11-12-13-14-15-16-17-18-19-20-23-30(38)37-26-21-22-29(37)27-41-31(39)24-25-36-33(40)32-34(2,3)28-42-35(4,5)43-32/h13-14,29,32H,6-12,15-28H2,1-5H3,(H,36,40)/t29-,32?/m1/s1. The number of carbonyl (C=O) groups excluding carboxylic acids is 3. The molecule has 0 saturated carbocycles. The second kappa shape index (κ2) is 20.2. The van der Waals surface area contributed by atoms with Gasteiger partial charge in [0.2, 0.25) is 11.8 Å². The van der Waals surface area contributed by atoms with Crippen molar-refractivity contribution in [3.8, 4) is 0 Å². The van der Waals surface area contributed by atoms with E-state index in [4.69, 9.17) is 14.2 Å². The topological polar surface area (TPSA) is 94.2 Å². The molecule has 2 amide bonds. The van der Waals surface area contributed by atoms with Gasteiger partial charge in [0.15, 0.2) is 5.79 Å². The van der Waals surface area contributed by atoms with Gasteiger partial charge in [0.05, 0.1) is 19.1 Å². The Morgan fingerprint density at radius 1 is 0.884 bits per heavy atom. The van der Waals surface area contributed by atoms with E-state index >= 15 is 0 Å². The summed E-state index contributed by atoms with van der Waals surface area (Å²) in [6, 6.07) is -0.0483. The number of hydrogen-bond donors (Lipinski definition) is 1. The summed E-state index contributed by atoms with van der Waals surface area (Å²) in [5, 5.41) is 2.81. The molecule has 0 radical (unpaired) electrons. The van der Waals surface area contributed by atoms with Crippen LogP contribution < -0.4 is 5.32 Å². The molecule has 0 aromatic rings. The van der Waals surface area contributed by atoms with E-state index in [2.05, 4.69) is 24.4 Å². The molecule has 2 aliphatic heterocycles. The first-order chi connectivity index (χ1) is 20.6. The smallest absolute Gasteiger partial charge is 0.307 e. The molecule has 2 aliphatic rings. The van der Waals surface area contributed by atoms with Crippen LogP contribution in [0.25, 0.3) is 0 Å². The van der Waals surface area contributed by atoms with Crippen LogP contribution in [-0.4, -0.2) is 66.9 Å². The van der Waals surface area contributed by atoms with E-state index in [1.165, 1.54) is 64.2 Å². The molecular weight excluding hydrogens is 544 g/mol. The van der Waals surface area contributed by atoms with Crippen LogP contribution in [0.5, 0.6) is 0 Å². The average molecular weight is 607 g/mol. The van der Waals surface area contributed by atoms with Gasteiger partial charge in [0.1, 0.15) is 12.7 Å². The molecule has 0 bridgehead atoms. The van der Waals surface area contributed by atoms with Crippen LogP contribution in [0.4, 0.5) is 0 Å². The Morgan fingerprint density at radius 2 is 1.51 bits per heavy atom. The first-order valence-electron chi connectivity index (χ1n) is 17.3. The summed E-state index contributed by atoms with van der Waals surface area (Å²) >= 11 is 0. The van der Waals surface area contributed by atoms with E-state index in [0.29, 0.717) is 13.0 Å². The van der Waals surface area contributed by atoms with Crippen molar-refractivity contribution in [3.63, 3.8) is 0 Å². The lowest BCUT2D eigenvalue weighted by Crippen LogP contribution is -2.56. The van der Waals surface area contributed by atoms with E-state index in [-0.39, 0.29) is 43.4 Å². The molecule has 0 aromatic carbocycles. The zero-order valence-corrected chi connectivity index (χ0v) is 28.1. The molecule has 2 saturated heterocycles. The Bertz CT molecular complexity index is 855. The fourth-order valence-electron chi connectivity index (χ4n) is 5.79. The predicted octanol–water partition coefficient (Wildman–Crippen LogP) is 7.24. The van der Waals surface area contributed by atoms with Crippen LogP contribution in [0.3, 0.4) is 0 Å². The van der Waals surface area contributed by atoms with Crippen molar-refractivity contribution in [1.82, 2.24) is 10.2 Å². The minimum Gasteiger partial charge on any atom is -0.463 e.